The molecular weight excluding hydrogens is 342 g/mol. The fraction of sp³-hybridized carbons (Fsp3) is 0.682. The molecule has 0 N–H and O–H groups in total. The summed E-state index contributed by atoms with van der Waals surface area (Å²) in [7, 11) is 2.21. The molecule has 0 unspecified atom stereocenters. The highest BCUT2D eigenvalue weighted by molar-refractivity contribution is 5.69. The summed E-state index contributed by atoms with van der Waals surface area (Å²) in [5.74, 6) is -0.0979. The molecule has 0 radical (unpaired) electrons. The third kappa shape index (κ3) is 8.87. The number of ether oxygens (including phenoxy) is 3. The highest BCUT2D eigenvalue weighted by atomic mass is 16.6. The molecule has 1 heterocycles. The van der Waals surface area contributed by atoms with Crippen molar-refractivity contribution >= 4 is 5.97 Å². The molecule has 1 aromatic carbocycles. The van der Waals surface area contributed by atoms with Gasteiger partial charge >= 0.3 is 5.97 Å². The third-order valence-corrected chi connectivity index (χ3v) is 5.14. The maximum Gasteiger partial charge on any atom is 0.306 e. The van der Waals surface area contributed by atoms with Gasteiger partial charge in [-0.3, -0.25) is 4.79 Å². The lowest BCUT2D eigenvalue weighted by molar-refractivity contribution is -0.919. The summed E-state index contributed by atoms with van der Waals surface area (Å²) < 4.78 is 18.1. The molecule has 1 fully saturated rings. The van der Waals surface area contributed by atoms with Crippen molar-refractivity contribution in [2.75, 3.05) is 46.5 Å². The van der Waals surface area contributed by atoms with Crippen molar-refractivity contribution in [2.24, 2.45) is 0 Å². The second-order valence-corrected chi connectivity index (χ2v) is 7.78. The summed E-state index contributed by atoms with van der Waals surface area (Å²) in [6, 6.07) is 10.1. The second kappa shape index (κ2) is 12.1. The monoisotopic (exact) mass is 378 g/mol. The lowest BCUT2D eigenvalue weighted by Crippen LogP contribution is -2.56. The highest BCUT2D eigenvalue weighted by Crippen LogP contribution is 2.13. The fourth-order valence-electron chi connectivity index (χ4n) is 3.41. The number of carbonyl (C=O) groups is 1. The van der Waals surface area contributed by atoms with Crippen LogP contribution in [0.4, 0.5) is 0 Å². The zero-order chi connectivity index (χ0) is 19.4. The van der Waals surface area contributed by atoms with E-state index < -0.39 is 0 Å². The number of hydrogen-bond donors (Lipinski definition) is 0. The molecule has 0 aliphatic carbocycles. The van der Waals surface area contributed by atoms with Gasteiger partial charge in [-0.1, -0.05) is 56.5 Å². The number of nitrogens with zero attached hydrogens (tertiary/aromatic N) is 1. The Hall–Kier alpha value is -1.43. The number of benzene rings is 1. The maximum absolute atomic E-state index is 12.3. The van der Waals surface area contributed by atoms with Crippen molar-refractivity contribution < 1.29 is 23.5 Å². The van der Waals surface area contributed by atoms with Crippen molar-refractivity contribution in [1.29, 1.82) is 0 Å². The van der Waals surface area contributed by atoms with Gasteiger partial charge in [0.05, 0.1) is 33.5 Å². The van der Waals surface area contributed by atoms with Crippen molar-refractivity contribution in [1.82, 2.24) is 0 Å². The summed E-state index contributed by atoms with van der Waals surface area (Å²) in [6.07, 6.45) is 4.63. The largest absolute Gasteiger partial charge is 0.454 e. The Balaban J connectivity index is 1.83. The topological polar surface area (TPSA) is 44.8 Å². The van der Waals surface area contributed by atoms with Gasteiger partial charge in [-0.15, -0.1) is 0 Å². The number of likely N-dealkylation sites (N-methyl/N-ethyl adjacent to an activating group) is 1. The lowest BCUT2D eigenvalue weighted by atomic mass is 10.1. The Kier molecular flexibility index (Phi) is 9.81. The molecule has 0 amide bonds. The van der Waals surface area contributed by atoms with E-state index in [1.165, 1.54) is 12.8 Å². The molecule has 0 aromatic heterocycles. The van der Waals surface area contributed by atoms with Crippen molar-refractivity contribution in [2.45, 2.75) is 51.7 Å². The minimum atomic E-state index is -0.213. The van der Waals surface area contributed by atoms with E-state index in [4.69, 9.17) is 14.2 Å². The van der Waals surface area contributed by atoms with E-state index in [-0.39, 0.29) is 12.1 Å². The second-order valence-electron chi connectivity index (χ2n) is 7.78. The van der Waals surface area contributed by atoms with E-state index in [9.17, 15) is 4.79 Å². The molecular formula is C22H36NO4+. The summed E-state index contributed by atoms with van der Waals surface area (Å²) in [5.41, 5.74) is 1.13. The van der Waals surface area contributed by atoms with Crippen LogP contribution in [0.1, 0.15) is 44.6 Å². The van der Waals surface area contributed by atoms with Gasteiger partial charge in [-0.25, -0.2) is 0 Å². The minimum Gasteiger partial charge on any atom is -0.454 e. The van der Waals surface area contributed by atoms with Gasteiger partial charge in [-0.2, -0.15) is 0 Å². The number of carbonyl (C=O) groups excluding carboxylic acids is 1. The van der Waals surface area contributed by atoms with Crippen LogP contribution in [0.2, 0.25) is 0 Å². The van der Waals surface area contributed by atoms with Crippen LogP contribution in [-0.2, 0) is 25.6 Å². The van der Waals surface area contributed by atoms with E-state index in [0.717, 1.165) is 55.7 Å². The minimum absolute atomic E-state index is 0.0979. The molecule has 5 heteroatoms. The van der Waals surface area contributed by atoms with Crippen molar-refractivity contribution in [3.8, 4) is 0 Å². The summed E-state index contributed by atoms with van der Waals surface area (Å²) >= 11 is 0. The number of quaternary nitrogens is 1. The summed E-state index contributed by atoms with van der Waals surface area (Å²) in [6.45, 7) is 7.34. The van der Waals surface area contributed by atoms with Crippen LogP contribution < -0.4 is 0 Å². The number of esters is 1. The predicted molar refractivity (Wildman–Crippen MR) is 106 cm³/mol. The Bertz CT molecular complexity index is 528. The van der Waals surface area contributed by atoms with E-state index in [0.29, 0.717) is 19.6 Å². The molecule has 2 rings (SSSR count). The molecule has 1 atom stereocenters. The van der Waals surface area contributed by atoms with Gasteiger partial charge in [0.1, 0.15) is 19.6 Å². The average molecular weight is 379 g/mol. The van der Waals surface area contributed by atoms with E-state index >= 15 is 0 Å². The molecule has 1 aliphatic rings. The van der Waals surface area contributed by atoms with Crippen molar-refractivity contribution in [3.63, 3.8) is 0 Å². The van der Waals surface area contributed by atoms with Crippen LogP contribution in [0.25, 0.3) is 0 Å². The fourth-order valence-corrected chi connectivity index (χ4v) is 3.41. The first-order chi connectivity index (χ1) is 13.1. The first-order valence-electron chi connectivity index (χ1n) is 10.3. The first-order valence-corrected chi connectivity index (χ1v) is 10.3. The maximum atomic E-state index is 12.3. The zero-order valence-electron chi connectivity index (χ0n) is 17.0. The van der Waals surface area contributed by atoms with Crippen LogP contribution in [0.5, 0.6) is 0 Å². The molecule has 0 spiro atoms. The number of hydrogen-bond acceptors (Lipinski definition) is 4. The molecule has 27 heavy (non-hydrogen) atoms. The summed E-state index contributed by atoms with van der Waals surface area (Å²) in [4.78, 5) is 12.3. The van der Waals surface area contributed by atoms with Crippen LogP contribution in [-0.4, -0.2) is 63.1 Å². The molecule has 0 bridgehead atoms. The number of rotatable bonds is 12. The highest BCUT2D eigenvalue weighted by Gasteiger charge is 2.31. The molecule has 0 saturated carbocycles. The SMILES string of the molecule is CCCCCCC(=O)O[C@@H](COCc1ccccc1)C[N+]1(C)CCOCC1. The van der Waals surface area contributed by atoms with Gasteiger partial charge in [0.2, 0.25) is 0 Å². The Labute approximate surface area is 164 Å². The quantitative estimate of drug-likeness (QED) is 0.317. The Morgan fingerprint density at radius 1 is 1.15 bits per heavy atom. The van der Waals surface area contributed by atoms with Crippen LogP contribution in [0, 0.1) is 0 Å². The number of morpholine rings is 1. The molecule has 1 saturated heterocycles. The van der Waals surface area contributed by atoms with Gasteiger partial charge < -0.3 is 18.7 Å². The third-order valence-electron chi connectivity index (χ3n) is 5.14. The lowest BCUT2D eigenvalue weighted by Gasteiger charge is -2.39. The summed E-state index contributed by atoms with van der Waals surface area (Å²) in [5, 5.41) is 0. The first kappa shape index (κ1) is 21.9. The van der Waals surface area contributed by atoms with Gasteiger partial charge in [0.25, 0.3) is 0 Å². The zero-order valence-corrected chi connectivity index (χ0v) is 17.0. The van der Waals surface area contributed by atoms with Crippen LogP contribution in [0.3, 0.4) is 0 Å². The molecule has 1 aromatic rings. The normalized spacial score (nSPS) is 17.4. The molecule has 152 valence electrons. The molecule has 5 nitrogen and oxygen atoms in total. The molecule has 1 aliphatic heterocycles. The Morgan fingerprint density at radius 2 is 1.89 bits per heavy atom. The standard InChI is InChI=1S/C22H36NO4/c1-3-4-5-9-12-22(24)27-21(17-23(2)13-15-25-16-14-23)19-26-18-20-10-7-6-8-11-20/h6-8,10-11,21H,3-5,9,12-19H2,1-2H3/q+1/t21-/m1/s1. The smallest absolute Gasteiger partial charge is 0.306 e. The van der Waals surface area contributed by atoms with Crippen molar-refractivity contribution in [3.05, 3.63) is 35.9 Å². The predicted octanol–water partition coefficient (Wildman–Crippen LogP) is 3.56. The Morgan fingerprint density at radius 3 is 2.59 bits per heavy atom. The van der Waals surface area contributed by atoms with E-state index in [1.54, 1.807) is 0 Å². The van der Waals surface area contributed by atoms with Crippen LogP contribution >= 0.6 is 0 Å². The van der Waals surface area contributed by atoms with E-state index in [1.807, 2.05) is 30.3 Å². The average Bonchev–Trinajstić information content (AvgIpc) is 2.66. The van der Waals surface area contributed by atoms with Crippen LogP contribution in [0.15, 0.2) is 30.3 Å². The number of unbranched alkanes of at least 4 members (excludes halogenated alkanes) is 3. The van der Waals surface area contributed by atoms with Gasteiger partial charge in [0, 0.05) is 6.42 Å². The van der Waals surface area contributed by atoms with Gasteiger partial charge in [0.15, 0.2) is 6.10 Å². The van der Waals surface area contributed by atoms with Gasteiger partial charge in [-0.05, 0) is 12.0 Å². The van der Waals surface area contributed by atoms with E-state index in [2.05, 4.69) is 14.0 Å².